The second-order valence-electron chi connectivity index (χ2n) is 10.0. The molecule has 40 heavy (non-hydrogen) atoms. The second kappa shape index (κ2) is 11.4. The van der Waals surface area contributed by atoms with Crippen LogP contribution in [0.2, 0.25) is 0 Å². The van der Waals surface area contributed by atoms with Gasteiger partial charge in [0.15, 0.2) is 0 Å². The summed E-state index contributed by atoms with van der Waals surface area (Å²) in [5.74, 6) is -0.601. The summed E-state index contributed by atoms with van der Waals surface area (Å²) in [4.78, 5) is 34.7. The molecule has 0 radical (unpaired) electrons. The lowest BCUT2D eigenvalue weighted by Crippen LogP contribution is -2.17. The molecular formula is C36H28N2O2. The van der Waals surface area contributed by atoms with Crippen molar-refractivity contribution >= 4 is 11.6 Å². The predicted molar refractivity (Wildman–Crippen MR) is 158 cm³/mol. The summed E-state index contributed by atoms with van der Waals surface area (Å²) in [5.41, 5.74) is 8.18. The van der Waals surface area contributed by atoms with Crippen LogP contribution >= 0.6 is 0 Å². The van der Waals surface area contributed by atoms with Crippen LogP contribution in [0.4, 0.5) is 0 Å². The third-order valence-electron chi connectivity index (χ3n) is 7.29. The van der Waals surface area contributed by atoms with Crippen molar-refractivity contribution in [2.45, 2.75) is 25.7 Å². The number of hydrogen-bond acceptors (Lipinski definition) is 4. The van der Waals surface area contributed by atoms with Crippen LogP contribution in [0.15, 0.2) is 121 Å². The lowest BCUT2D eigenvalue weighted by molar-refractivity contribution is 0.0987. The van der Waals surface area contributed by atoms with Crippen molar-refractivity contribution in [2.24, 2.45) is 0 Å². The molecule has 0 amide bonds. The third kappa shape index (κ3) is 5.57. The van der Waals surface area contributed by atoms with E-state index < -0.39 is 0 Å². The van der Waals surface area contributed by atoms with Crippen molar-refractivity contribution < 1.29 is 9.59 Å². The van der Waals surface area contributed by atoms with Crippen LogP contribution in [-0.2, 0) is 25.7 Å². The normalized spacial score (nSPS) is 12.4. The number of carbonyl (C=O) groups is 2. The summed E-state index contributed by atoms with van der Waals surface area (Å²) in [6.45, 7) is 0. The number of nitrogens with zero attached hydrogens (tertiary/aromatic N) is 2. The molecule has 0 spiro atoms. The molecule has 0 saturated heterocycles. The fourth-order valence-electron chi connectivity index (χ4n) is 5.02. The molecule has 4 aromatic carbocycles. The van der Waals surface area contributed by atoms with Crippen molar-refractivity contribution in [2.75, 3.05) is 0 Å². The van der Waals surface area contributed by atoms with Crippen molar-refractivity contribution in [1.29, 1.82) is 0 Å². The summed E-state index contributed by atoms with van der Waals surface area (Å²) in [5, 5.41) is 0. The van der Waals surface area contributed by atoms with Gasteiger partial charge in [-0.2, -0.15) is 0 Å². The van der Waals surface area contributed by atoms with Gasteiger partial charge in [-0.3, -0.25) is 9.59 Å². The van der Waals surface area contributed by atoms with Gasteiger partial charge in [-0.15, -0.1) is 0 Å². The van der Waals surface area contributed by atoms with Gasteiger partial charge < -0.3 is 0 Å². The standard InChI is InChI=1S/C36H28N2O2/c39-31-23-24-32(40)36-35(31)37-33(29-19-15-27(16-20-29)13-11-25-7-3-1-4-8-25)34(38-36)30-21-17-28(18-22-30)14-12-26-9-5-2-6-10-26/h1-10,15-24H,11-14H2. The Labute approximate surface area is 234 Å². The first-order valence-electron chi connectivity index (χ1n) is 13.6. The van der Waals surface area contributed by atoms with Crippen molar-refractivity contribution in [3.63, 3.8) is 0 Å². The number of hydrogen-bond donors (Lipinski definition) is 0. The van der Waals surface area contributed by atoms with Crippen LogP contribution in [0.5, 0.6) is 0 Å². The molecule has 1 aliphatic rings. The number of aryl methyl sites for hydroxylation is 4. The molecule has 4 heteroatoms. The van der Waals surface area contributed by atoms with Gasteiger partial charge in [-0.05, 0) is 60.1 Å². The Morgan fingerprint density at radius 1 is 0.375 bits per heavy atom. The van der Waals surface area contributed by atoms with Gasteiger partial charge in [0, 0.05) is 11.1 Å². The van der Waals surface area contributed by atoms with Gasteiger partial charge in [-0.1, -0.05) is 109 Å². The van der Waals surface area contributed by atoms with E-state index in [4.69, 9.17) is 9.97 Å². The van der Waals surface area contributed by atoms with Gasteiger partial charge in [-0.25, -0.2) is 9.97 Å². The molecule has 0 atom stereocenters. The Morgan fingerprint density at radius 3 is 1.05 bits per heavy atom. The van der Waals surface area contributed by atoms with Crippen molar-refractivity contribution in [1.82, 2.24) is 9.97 Å². The van der Waals surface area contributed by atoms with E-state index in [0.717, 1.165) is 36.8 Å². The maximum absolute atomic E-state index is 12.6. The molecule has 5 aromatic rings. The van der Waals surface area contributed by atoms with Crippen LogP contribution < -0.4 is 0 Å². The summed E-state index contributed by atoms with van der Waals surface area (Å²) in [6.07, 6.45) is 6.33. The van der Waals surface area contributed by atoms with E-state index in [1.54, 1.807) is 0 Å². The van der Waals surface area contributed by atoms with Gasteiger partial charge in [0.1, 0.15) is 11.4 Å². The van der Waals surface area contributed by atoms with Crippen LogP contribution in [0.1, 0.15) is 43.2 Å². The third-order valence-corrected chi connectivity index (χ3v) is 7.29. The highest BCUT2D eigenvalue weighted by atomic mass is 16.1. The SMILES string of the molecule is O=C1C=CC(=O)c2nc(-c3ccc(CCc4ccccc4)cc3)c(-c3ccc(CCc4ccccc4)cc3)nc21. The Balaban J connectivity index is 1.31. The van der Waals surface area contributed by atoms with E-state index in [1.165, 1.54) is 34.4 Å². The van der Waals surface area contributed by atoms with E-state index in [0.29, 0.717) is 11.4 Å². The zero-order valence-corrected chi connectivity index (χ0v) is 22.1. The van der Waals surface area contributed by atoms with Crippen LogP contribution in [-0.4, -0.2) is 21.5 Å². The van der Waals surface area contributed by atoms with Crippen LogP contribution in [0, 0.1) is 0 Å². The zero-order chi connectivity index (χ0) is 27.3. The Hall–Kier alpha value is -4.96. The summed E-state index contributed by atoms with van der Waals surface area (Å²) in [7, 11) is 0. The van der Waals surface area contributed by atoms with E-state index >= 15 is 0 Å². The van der Waals surface area contributed by atoms with Crippen LogP contribution in [0.25, 0.3) is 22.5 Å². The maximum Gasteiger partial charge on any atom is 0.206 e. The largest absolute Gasteiger partial charge is 0.287 e. The molecule has 194 valence electrons. The maximum atomic E-state index is 12.6. The molecule has 0 saturated carbocycles. The molecule has 0 bridgehead atoms. The lowest BCUT2D eigenvalue weighted by Gasteiger charge is -2.15. The number of fused-ring (bicyclic) bond motifs is 1. The zero-order valence-electron chi connectivity index (χ0n) is 22.1. The van der Waals surface area contributed by atoms with Crippen molar-refractivity contribution in [3.8, 4) is 22.5 Å². The topological polar surface area (TPSA) is 59.9 Å². The molecule has 6 rings (SSSR count). The fraction of sp³-hybridized carbons (Fsp3) is 0.111. The number of benzene rings is 4. The molecule has 1 aromatic heterocycles. The average molecular weight is 521 g/mol. The Kier molecular flexibility index (Phi) is 7.23. The van der Waals surface area contributed by atoms with Gasteiger partial charge in [0.2, 0.25) is 11.6 Å². The number of aromatic nitrogens is 2. The Morgan fingerprint density at radius 2 is 0.700 bits per heavy atom. The first-order chi connectivity index (χ1) is 19.6. The number of rotatable bonds is 8. The second-order valence-corrected chi connectivity index (χ2v) is 10.0. The van der Waals surface area contributed by atoms with E-state index in [2.05, 4.69) is 72.8 Å². The molecular weight excluding hydrogens is 492 g/mol. The molecule has 1 aliphatic carbocycles. The molecule has 0 N–H and O–H groups in total. The molecule has 1 heterocycles. The minimum Gasteiger partial charge on any atom is -0.287 e. The Bertz CT molecular complexity index is 1560. The highest BCUT2D eigenvalue weighted by molar-refractivity contribution is 6.20. The molecule has 0 unspecified atom stereocenters. The van der Waals surface area contributed by atoms with Crippen LogP contribution in [0.3, 0.4) is 0 Å². The summed E-state index contributed by atoms with van der Waals surface area (Å²) < 4.78 is 0. The van der Waals surface area contributed by atoms with Crippen molar-refractivity contribution in [3.05, 3.63) is 155 Å². The minimum absolute atomic E-state index is 0.110. The quantitative estimate of drug-likeness (QED) is 0.215. The average Bonchev–Trinajstić information content (AvgIpc) is 3.02. The fourth-order valence-corrected chi connectivity index (χ4v) is 5.02. The van der Waals surface area contributed by atoms with Gasteiger partial charge in [0.05, 0.1) is 11.4 Å². The van der Waals surface area contributed by atoms with E-state index in [-0.39, 0.29) is 23.0 Å². The summed E-state index contributed by atoms with van der Waals surface area (Å²) >= 11 is 0. The number of allylic oxidation sites excluding steroid dienone is 2. The molecule has 0 fully saturated rings. The van der Waals surface area contributed by atoms with Gasteiger partial charge >= 0.3 is 0 Å². The highest BCUT2D eigenvalue weighted by Crippen LogP contribution is 2.32. The monoisotopic (exact) mass is 520 g/mol. The predicted octanol–water partition coefficient (Wildman–Crippen LogP) is 7.32. The first kappa shape index (κ1) is 25.3. The highest BCUT2D eigenvalue weighted by Gasteiger charge is 2.26. The molecule has 0 aliphatic heterocycles. The van der Waals surface area contributed by atoms with E-state index in [9.17, 15) is 9.59 Å². The number of carbonyl (C=O) groups excluding carboxylic acids is 2. The smallest absolute Gasteiger partial charge is 0.206 e. The summed E-state index contributed by atoms with van der Waals surface area (Å²) in [6, 6.07) is 37.4. The van der Waals surface area contributed by atoms with E-state index in [1.807, 2.05) is 36.4 Å². The number of ketones is 2. The molecule has 4 nitrogen and oxygen atoms in total. The minimum atomic E-state index is -0.300. The lowest BCUT2D eigenvalue weighted by atomic mass is 9.97. The first-order valence-corrected chi connectivity index (χ1v) is 13.6. The van der Waals surface area contributed by atoms with Gasteiger partial charge in [0.25, 0.3) is 0 Å².